The fourth-order valence-electron chi connectivity index (χ4n) is 2.79. The van der Waals surface area contributed by atoms with Gasteiger partial charge in [0.15, 0.2) is 0 Å². The van der Waals surface area contributed by atoms with Crippen LogP contribution in [0.2, 0.25) is 0 Å². The molecule has 1 aliphatic heterocycles. The molecule has 112 valence electrons. The summed E-state index contributed by atoms with van der Waals surface area (Å²) in [6.45, 7) is 3.10. The van der Waals surface area contributed by atoms with Crippen molar-refractivity contribution >= 4 is 31.9 Å². The fraction of sp³-hybridized carbons (Fsp3) is 0.647. The van der Waals surface area contributed by atoms with Crippen LogP contribution in [-0.2, 0) is 6.42 Å². The van der Waals surface area contributed by atoms with Crippen molar-refractivity contribution < 1.29 is 4.74 Å². The number of unbranched alkanes of at least 4 members (excludes halogenated alkanes) is 5. The standard InChI is InChI=1S/C17H24Br2O/c1-2-3-4-5-6-7-8-16(19)15-12-14(18)11-13-9-10-20-17(13)15/h11-12,16H,2-10H2,1H3. The lowest BCUT2D eigenvalue weighted by atomic mass is 10.0. The van der Waals surface area contributed by atoms with Gasteiger partial charge in [-0.15, -0.1) is 0 Å². The van der Waals surface area contributed by atoms with E-state index in [9.17, 15) is 0 Å². The van der Waals surface area contributed by atoms with Crippen LogP contribution in [0.4, 0.5) is 0 Å². The minimum atomic E-state index is 0.415. The van der Waals surface area contributed by atoms with Gasteiger partial charge in [-0.3, -0.25) is 0 Å². The fourth-order valence-corrected chi connectivity index (χ4v) is 3.98. The summed E-state index contributed by atoms with van der Waals surface area (Å²) in [5.74, 6) is 1.13. The first-order valence-corrected chi connectivity index (χ1v) is 9.52. The molecule has 1 aromatic rings. The first kappa shape index (κ1) is 16.4. The van der Waals surface area contributed by atoms with Crippen LogP contribution in [-0.4, -0.2) is 6.61 Å². The third-order valence-electron chi connectivity index (χ3n) is 3.93. The summed E-state index contributed by atoms with van der Waals surface area (Å²) in [5, 5.41) is 0. The number of benzene rings is 1. The number of hydrogen-bond acceptors (Lipinski definition) is 1. The second-order valence-corrected chi connectivity index (χ2v) is 7.63. The molecule has 0 amide bonds. The molecule has 0 spiro atoms. The molecule has 0 aromatic heterocycles. The molecule has 1 nitrogen and oxygen atoms in total. The van der Waals surface area contributed by atoms with Gasteiger partial charge in [-0.05, 0) is 24.1 Å². The van der Waals surface area contributed by atoms with Crippen molar-refractivity contribution in [1.82, 2.24) is 0 Å². The highest BCUT2D eigenvalue weighted by atomic mass is 79.9. The van der Waals surface area contributed by atoms with Gasteiger partial charge in [0.25, 0.3) is 0 Å². The van der Waals surface area contributed by atoms with E-state index >= 15 is 0 Å². The van der Waals surface area contributed by atoms with E-state index in [2.05, 4.69) is 50.9 Å². The number of rotatable bonds is 8. The minimum Gasteiger partial charge on any atom is -0.493 e. The molecule has 0 N–H and O–H groups in total. The predicted octanol–water partition coefficient (Wildman–Crippen LogP) is 6.57. The van der Waals surface area contributed by atoms with Crippen molar-refractivity contribution in [2.45, 2.75) is 63.1 Å². The Labute approximate surface area is 139 Å². The maximum Gasteiger partial charge on any atom is 0.127 e. The Balaban J connectivity index is 1.85. The summed E-state index contributed by atoms with van der Waals surface area (Å²) >= 11 is 7.47. The molecule has 1 aliphatic rings. The molecule has 1 atom stereocenters. The van der Waals surface area contributed by atoms with Gasteiger partial charge in [0.05, 0.1) is 6.61 Å². The maximum atomic E-state index is 5.81. The topological polar surface area (TPSA) is 9.23 Å². The summed E-state index contributed by atoms with van der Waals surface area (Å²) < 4.78 is 6.98. The normalized spacial score (nSPS) is 14.9. The number of fused-ring (bicyclic) bond motifs is 1. The van der Waals surface area contributed by atoms with Crippen molar-refractivity contribution in [1.29, 1.82) is 0 Å². The molecule has 1 aromatic carbocycles. The Morgan fingerprint density at radius 3 is 2.70 bits per heavy atom. The first-order chi connectivity index (χ1) is 9.72. The minimum absolute atomic E-state index is 0.415. The molecule has 1 unspecified atom stereocenters. The van der Waals surface area contributed by atoms with Gasteiger partial charge in [-0.2, -0.15) is 0 Å². The van der Waals surface area contributed by atoms with Crippen molar-refractivity contribution in [3.8, 4) is 5.75 Å². The van der Waals surface area contributed by atoms with E-state index in [0.717, 1.165) is 18.8 Å². The molecular weight excluding hydrogens is 380 g/mol. The Bertz CT molecular complexity index is 431. The molecule has 0 saturated carbocycles. The third kappa shape index (κ3) is 4.49. The highest BCUT2D eigenvalue weighted by molar-refractivity contribution is 9.10. The Morgan fingerprint density at radius 1 is 1.15 bits per heavy atom. The number of halogens is 2. The van der Waals surface area contributed by atoms with Gasteiger partial charge in [0.1, 0.15) is 5.75 Å². The SMILES string of the molecule is CCCCCCCCC(Br)c1cc(Br)cc2c1OCC2. The molecule has 0 aliphatic carbocycles. The lowest BCUT2D eigenvalue weighted by Gasteiger charge is -2.15. The van der Waals surface area contributed by atoms with Gasteiger partial charge in [0, 0.05) is 21.3 Å². The number of hydrogen-bond donors (Lipinski definition) is 0. The smallest absolute Gasteiger partial charge is 0.127 e. The van der Waals surface area contributed by atoms with Crippen molar-refractivity contribution in [3.05, 3.63) is 27.7 Å². The summed E-state index contributed by atoms with van der Waals surface area (Å²) in [5.41, 5.74) is 2.67. The van der Waals surface area contributed by atoms with Crippen LogP contribution in [0.1, 0.15) is 67.8 Å². The molecule has 0 fully saturated rings. The molecule has 2 rings (SSSR count). The van der Waals surface area contributed by atoms with E-state index in [4.69, 9.17) is 4.74 Å². The monoisotopic (exact) mass is 402 g/mol. The molecule has 0 radical (unpaired) electrons. The second-order valence-electron chi connectivity index (χ2n) is 5.61. The first-order valence-electron chi connectivity index (χ1n) is 7.81. The highest BCUT2D eigenvalue weighted by Gasteiger charge is 2.21. The van der Waals surface area contributed by atoms with Crippen molar-refractivity contribution in [3.63, 3.8) is 0 Å². The van der Waals surface area contributed by atoms with Gasteiger partial charge in [-0.25, -0.2) is 0 Å². The third-order valence-corrected chi connectivity index (χ3v) is 5.33. The molecule has 0 bridgehead atoms. The second kappa shape index (κ2) is 8.43. The number of alkyl halides is 1. The largest absolute Gasteiger partial charge is 0.493 e. The average Bonchev–Trinajstić information content (AvgIpc) is 2.89. The van der Waals surface area contributed by atoms with Gasteiger partial charge in [-0.1, -0.05) is 77.3 Å². The van der Waals surface area contributed by atoms with E-state index in [1.54, 1.807) is 0 Å². The van der Waals surface area contributed by atoms with E-state index in [-0.39, 0.29) is 0 Å². The maximum absolute atomic E-state index is 5.81. The van der Waals surface area contributed by atoms with Crippen molar-refractivity contribution in [2.75, 3.05) is 6.61 Å². The van der Waals surface area contributed by atoms with Crippen LogP contribution in [0.3, 0.4) is 0 Å². The predicted molar refractivity (Wildman–Crippen MR) is 93.0 cm³/mol. The Kier molecular flexibility index (Phi) is 6.89. The zero-order valence-electron chi connectivity index (χ0n) is 12.3. The molecule has 3 heteroatoms. The molecular formula is C17H24Br2O. The average molecular weight is 404 g/mol. The zero-order valence-corrected chi connectivity index (χ0v) is 15.4. The van der Waals surface area contributed by atoms with Crippen LogP contribution in [0.15, 0.2) is 16.6 Å². The van der Waals surface area contributed by atoms with Crippen LogP contribution < -0.4 is 4.74 Å². The summed E-state index contributed by atoms with van der Waals surface area (Å²) in [4.78, 5) is 0.415. The van der Waals surface area contributed by atoms with E-state index in [1.165, 1.54) is 60.5 Å². The number of ether oxygens (including phenoxy) is 1. The van der Waals surface area contributed by atoms with Crippen LogP contribution in [0, 0.1) is 0 Å². The van der Waals surface area contributed by atoms with Crippen LogP contribution in [0.25, 0.3) is 0 Å². The molecule has 0 saturated heterocycles. The highest BCUT2D eigenvalue weighted by Crippen LogP contribution is 2.41. The van der Waals surface area contributed by atoms with Gasteiger partial charge < -0.3 is 4.74 Å². The van der Waals surface area contributed by atoms with Crippen LogP contribution in [0.5, 0.6) is 5.75 Å². The summed E-state index contributed by atoms with van der Waals surface area (Å²) in [7, 11) is 0. The van der Waals surface area contributed by atoms with E-state index < -0.39 is 0 Å². The van der Waals surface area contributed by atoms with Gasteiger partial charge in [0.2, 0.25) is 0 Å². The quantitative estimate of drug-likeness (QED) is 0.352. The molecule has 20 heavy (non-hydrogen) atoms. The summed E-state index contributed by atoms with van der Waals surface area (Å²) in [6.07, 6.45) is 10.3. The Hall–Kier alpha value is -0.0200. The lowest BCUT2D eigenvalue weighted by molar-refractivity contribution is 0.353. The zero-order chi connectivity index (χ0) is 14.4. The summed E-state index contributed by atoms with van der Waals surface area (Å²) in [6, 6.07) is 4.40. The molecule has 1 heterocycles. The Morgan fingerprint density at radius 2 is 1.90 bits per heavy atom. The van der Waals surface area contributed by atoms with Crippen LogP contribution >= 0.6 is 31.9 Å². The van der Waals surface area contributed by atoms with Gasteiger partial charge >= 0.3 is 0 Å². The van der Waals surface area contributed by atoms with Crippen molar-refractivity contribution in [2.24, 2.45) is 0 Å². The lowest BCUT2D eigenvalue weighted by Crippen LogP contribution is -1.96. The van der Waals surface area contributed by atoms with E-state index in [1.807, 2.05) is 0 Å². The van der Waals surface area contributed by atoms with E-state index in [0.29, 0.717) is 4.83 Å².